The van der Waals surface area contributed by atoms with Gasteiger partial charge in [-0.05, 0) is 20.2 Å². The van der Waals surface area contributed by atoms with Crippen molar-refractivity contribution in [3.05, 3.63) is 23.8 Å². The number of methoxy groups -OCH3 is 2. The van der Waals surface area contributed by atoms with Crippen molar-refractivity contribution in [2.24, 2.45) is 5.73 Å². The molecule has 0 fully saturated rings. The third kappa shape index (κ3) is 2.87. The molecule has 0 saturated heterocycles. The Bertz CT molecular complexity index is 407. The monoisotopic (exact) mass is 254 g/mol. The number of likely N-dealkylation sites (N-methyl/N-ethyl adjacent to an activating group) is 1. The molecule has 0 saturated carbocycles. The zero-order chi connectivity index (χ0) is 13.0. The highest BCUT2D eigenvalue weighted by atomic mass is 32.1. The quantitative estimate of drug-likeness (QED) is 0.809. The highest BCUT2D eigenvalue weighted by molar-refractivity contribution is 7.80. The van der Waals surface area contributed by atoms with Gasteiger partial charge in [0.25, 0.3) is 0 Å². The number of hydrogen-bond acceptors (Lipinski definition) is 4. The van der Waals surface area contributed by atoms with E-state index in [1.54, 1.807) is 14.2 Å². The Morgan fingerprint density at radius 3 is 2.35 bits per heavy atom. The first-order chi connectivity index (χ1) is 8.02. The van der Waals surface area contributed by atoms with Crippen LogP contribution >= 0.6 is 12.2 Å². The maximum atomic E-state index is 5.78. The Morgan fingerprint density at radius 2 is 1.94 bits per heavy atom. The molecule has 0 bridgehead atoms. The maximum Gasteiger partial charge on any atom is 0.165 e. The van der Waals surface area contributed by atoms with Gasteiger partial charge in [0, 0.05) is 5.56 Å². The second-order valence-electron chi connectivity index (χ2n) is 3.85. The lowest BCUT2D eigenvalue weighted by Gasteiger charge is -2.25. The highest BCUT2D eigenvalue weighted by Crippen LogP contribution is 2.36. The first-order valence-electron chi connectivity index (χ1n) is 5.19. The van der Waals surface area contributed by atoms with E-state index in [-0.39, 0.29) is 6.04 Å². The van der Waals surface area contributed by atoms with Crippen molar-refractivity contribution in [2.45, 2.75) is 6.04 Å². The largest absolute Gasteiger partial charge is 0.493 e. The van der Waals surface area contributed by atoms with Gasteiger partial charge in [-0.3, -0.25) is 4.90 Å². The van der Waals surface area contributed by atoms with E-state index in [0.29, 0.717) is 16.5 Å². The van der Waals surface area contributed by atoms with Crippen LogP contribution in [0.2, 0.25) is 0 Å². The molecule has 1 unspecified atom stereocenters. The molecular formula is C12H18N2O2S. The van der Waals surface area contributed by atoms with Crippen LogP contribution in [0.5, 0.6) is 11.5 Å². The lowest BCUT2D eigenvalue weighted by molar-refractivity contribution is 0.329. The predicted octanol–water partition coefficient (Wildman–Crippen LogP) is 1.59. The first kappa shape index (κ1) is 13.7. The molecule has 5 heteroatoms. The molecule has 1 aromatic rings. The summed E-state index contributed by atoms with van der Waals surface area (Å²) >= 11 is 5.10. The van der Waals surface area contributed by atoms with Gasteiger partial charge >= 0.3 is 0 Å². The van der Waals surface area contributed by atoms with Gasteiger partial charge in [0.2, 0.25) is 0 Å². The van der Waals surface area contributed by atoms with Crippen LogP contribution in [-0.4, -0.2) is 38.2 Å². The summed E-state index contributed by atoms with van der Waals surface area (Å²) in [7, 11) is 7.05. The molecule has 0 aromatic heterocycles. The Balaban J connectivity index is 3.32. The number of para-hydroxylation sites is 1. The van der Waals surface area contributed by atoms with Crippen LogP contribution in [0, 0.1) is 0 Å². The first-order valence-corrected chi connectivity index (χ1v) is 5.60. The molecule has 0 amide bonds. The summed E-state index contributed by atoms with van der Waals surface area (Å²) in [6.07, 6.45) is 0. The summed E-state index contributed by atoms with van der Waals surface area (Å²) in [5, 5.41) is 0. The number of nitrogens with zero attached hydrogens (tertiary/aromatic N) is 1. The fourth-order valence-electron chi connectivity index (χ4n) is 1.81. The molecule has 0 heterocycles. The molecule has 1 rings (SSSR count). The Hall–Kier alpha value is -1.33. The van der Waals surface area contributed by atoms with Crippen molar-refractivity contribution in [1.82, 2.24) is 4.90 Å². The maximum absolute atomic E-state index is 5.78. The van der Waals surface area contributed by atoms with Crippen molar-refractivity contribution >= 4 is 17.2 Å². The summed E-state index contributed by atoms with van der Waals surface area (Å²) in [6.45, 7) is 0. The van der Waals surface area contributed by atoms with E-state index in [2.05, 4.69) is 0 Å². The van der Waals surface area contributed by atoms with E-state index in [1.807, 2.05) is 37.2 Å². The van der Waals surface area contributed by atoms with Crippen LogP contribution in [-0.2, 0) is 0 Å². The van der Waals surface area contributed by atoms with Gasteiger partial charge in [0.15, 0.2) is 11.5 Å². The molecule has 0 spiro atoms. The van der Waals surface area contributed by atoms with Gasteiger partial charge in [0.1, 0.15) is 0 Å². The zero-order valence-electron chi connectivity index (χ0n) is 10.6. The predicted molar refractivity (Wildman–Crippen MR) is 72.8 cm³/mol. The van der Waals surface area contributed by atoms with Gasteiger partial charge in [-0.1, -0.05) is 24.4 Å². The van der Waals surface area contributed by atoms with E-state index in [1.165, 1.54) is 0 Å². The zero-order valence-corrected chi connectivity index (χ0v) is 11.4. The third-order valence-corrected chi connectivity index (χ3v) is 2.74. The second-order valence-corrected chi connectivity index (χ2v) is 4.32. The number of rotatable bonds is 5. The molecule has 1 atom stereocenters. The topological polar surface area (TPSA) is 47.7 Å². The van der Waals surface area contributed by atoms with E-state index in [0.717, 1.165) is 5.56 Å². The highest BCUT2D eigenvalue weighted by Gasteiger charge is 2.23. The molecule has 17 heavy (non-hydrogen) atoms. The molecule has 94 valence electrons. The van der Waals surface area contributed by atoms with Crippen molar-refractivity contribution in [2.75, 3.05) is 28.3 Å². The van der Waals surface area contributed by atoms with Crippen LogP contribution in [0.25, 0.3) is 0 Å². The van der Waals surface area contributed by atoms with Crippen LogP contribution in [0.15, 0.2) is 18.2 Å². The normalized spacial score (nSPS) is 12.3. The lowest BCUT2D eigenvalue weighted by Crippen LogP contribution is -2.31. The molecule has 0 radical (unpaired) electrons. The fourth-order valence-corrected chi connectivity index (χ4v) is 2.15. The average Bonchev–Trinajstić information content (AvgIpc) is 2.27. The van der Waals surface area contributed by atoms with Gasteiger partial charge in [0.05, 0.1) is 25.2 Å². The molecular weight excluding hydrogens is 236 g/mol. The van der Waals surface area contributed by atoms with Crippen LogP contribution in [0.1, 0.15) is 11.6 Å². The molecule has 4 nitrogen and oxygen atoms in total. The fraction of sp³-hybridized carbons (Fsp3) is 0.417. The summed E-state index contributed by atoms with van der Waals surface area (Å²) in [4.78, 5) is 2.35. The van der Waals surface area contributed by atoms with Gasteiger partial charge in [-0.15, -0.1) is 0 Å². The summed E-state index contributed by atoms with van der Waals surface area (Å²) in [5.41, 5.74) is 6.68. The lowest BCUT2D eigenvalue weighted by atomic mass is 10.0. The number of hydrogen-bond donors (Lipinski definition) is 1. The number of ether oxygens (including phenoxy) is 2. The Kier molecular flexibility index (Phi) is 4.72. The summed E-state index contributed by atoms with van der Waals surface area (Å²) in [6, 6.07) is 5.50. The van der Waals surface area contributed by atoms with Gasteiger partial charge < -0.3 is 15.2 Å². The van der Waals surface area contributed by atoms with Crippen LogP contribution in [0.4, 0.5) is 0 Å². The average molecular weight is 254 g/mol. The second kappa shape index (κ2) is 5.84. The van der Waals surface area contributed by atoms with E-state index < -0.39 is 0 Å². The third-order valence-electron chi connectivity index (χ3n) is 2.51. The van der Waals surface area contributed by atoms with Crippen LogP contribution < -0.4 is 15.2 Å². The van der Waals surface area contributed by atoms with Crippen molar-refractivity contribution < 1.29 is 9.47 Å². The SMILES string of the molecule is COc1cccc(C(C(N)=S)N(C)C)c1OC. The number of nitrogens with two attached hydrogens (primary N) is 1. The number of thiocarbonyl (C=S) groups is 1. The minimum Gasteiger partial charge on any atom is -0.493 e. The molecule has 1 aromatic carbocycles. The van der Waals surface area contributed by atoms with Gasteiger partial charge in [-0.25, -0.2) is 0 Å². The van der Waals surface area contributed by atoms with E-state index in [4.69, 9.17) is 27.4 Å². The smallest absolute Gasteiger partial charge is 0.165 e. The Morgan fingerprint density at radius 1 is 1.29 bits per heavy atom. The van der Waals surface area contributed by atoms with Crippen LogP contribution in [0.3, 0.4) is 0 Å². The van der Waals surface area contributed by atoms with Crippen molar-refractivity contribution in [3.8, 4) is 11.5 Å². The number of benzene rings is 1. The molecule has 0 aliphatic heterocycles. The summed E-state index contributed by atoms with van der Waals surface area (Å²) in [5.74, 6) is 1.34. The molecule has 0 aliphatic carbocycles. The molecule has 0 aliphatic rings. The van der Waals surface area contributed by atoms with Gasteiger partial charge in [-0.2, -0.15) is 0 Å². The van der Waals surface area contributed by atoms with E-state index in [9.17, 15) is 0 Å². The minimum atomic E-state index is -0.171. The minimum absolute atomic E-state index is 0.171. The Labute approximate surface area is 107 Å². The van der Waals surface area contributed by atoms with E-state index >= 15 is 0 Å². The van der Waals surface area contributed by atoms with Crippen molar-refractivity contribution in [1.29, 1.82) is 0 Å². The van der Waals surface area contributed by atoms with Crippen molar-refractivity contribution in [3.63, 3.8) is 0 Å². The summed E-state index contributed by atoms with van der Waals surface area (Å²) < 4.78 is 10.6. The molecule has 2 N–H and O–H groups in total. The standard InChI is InChI=1S/C12H18N2O2S/c1-14(2)10(12(13)17)8-6-5-7-9(15-3)11(8)16-4/h5-7,10H,1-4H3,(H2,13,17).